The van der Waals surface area contributed by atoms with Crippen molar-refractivity contribution in [2.45, 2.75) is 33.3 Å². The molecule has 0 fully saturated rings. The Morgan fingerprint density at radius 1 is 1.38 bits per heavy atom. The number of hydrogen-bond donors (Lipinski definition) is 0. The highest BCUT2D eigenvalue weighted by Gasteiger charge is 2.00. The molecule has 0 amide bonds. The molecule has 1 atom stereocenters. The summed E-state index contributed by atoms with van der Waals surface area (Å²) in [4.78, 5) is 0. The minimum Gasteiger partial charge on any atom is -0.445 e. The lowest BCUT2D eigenvalue weighted by atomic mass is 10.1. The van der Waals surface area contributed by atoms with Crippen LogP contribution >= 0.6 is 0 Å². The Bertz CT molecular complexity index is 54.5. The third-order valence-corrected chi connectivity index (χ3v) is 1.04. The van der Waals surface area contributed by atoms with Gasteiger partial charge in [-0.2, -0.15) is 0 Å². The molecule has 0 bridgehead atoms. The molecule has 2 radical (unpaired) electrons. The van der Waals surface area contributed by atoms with Crippen molar-refractivity contribution in [1.29, 1.82) is 0 Å². The van der Waals surface area contributed by atoms with Crippen molar-refractivity contribution < 1.29 is 4.65 Å². The van der Waals surface area contributed by atoms with Gasteiger partial charge in [-0.05, 0) is 19.3 Å². The minimum atomic E-state index is 0.204. The molecule has 0 aromatic carbocycles. The molecule has 0 aromatic rings. The molecular weight excluding hydrogens is 98.9 g/mol. The van der Waals surface area contributed by atoms with Crippen molar-refractivity contribution >= 4 is 8.05 Å². The molecule has 0 spiro atoms. The summed E-state index contributed by atoms with van der Waals surface area (Å²) < 4.78 is 4.56. The summed E-state index contributed by atoms with van der Waals surface area (Å²) in [5, 5.41) is 0. The molecule has 0 aliphatic carbocycles. The van der Waals surface area contributed by atoms with Crippen molar-refractivity contribution in [3.05, 3.63) is 0 Å². The average molecular weight is 112 g/mol. The standard InChI is InChI=1S/C6H13BO/c1-5(2)4-6(3)8-7/h5-6H,4H2,1-3H3. The summed E-state index contributed by atoms with van der Waals surface area (Å²) in [7, 11) is 4.92. The summed E-state index contributed by atoms with van der Waals surface area (Å²) >= 11 is 0. The Morgan fingerprint density at radius 2 is 1.88 bits per heavy atom. The first-order valence-electron chi connectivity index (χ1n) is 3.02. The van der Waals surface area contributed by atoms with Gasteiger partial charge < -0.3 is 4.65 Å². The van der Waals surface area contributed by atoms with Crippen LogP contribution in [0.15, 0.2) is 0 Å². The second-order valence-corrected chi connectivity index (χ2v) is 2.58. The van der Waals surface area contributed by atoms with Crippen molar-refractivity contribution in [1.82, 2.24) is 0 Å². The lowest BCUT2D eigenvalue weighted by Gasteiger charge is -2.11. The van der Waals surface area contributed by atoms with Gasteiger partial charge in [-0.25, -0.2) is 0 Å². The van der Waals surface area contributed by atoms with Crippen LogP contribution in [0.5, 0.6) is 0 Å². The van der Waals surface area contributed by atoms with Gasteiger partial charge in [0.2, 0.25) is 0 Å². The molecule has 1 unspecified atom stereocenters. The van der Waals surface area contributed by atoms with Crippen LogP contribution in [0.3, 0.4) is 0 Å². The molecule has 0 saturated carbocycles. The van der Waals surface area contributed by atoms with Crippen LogP contribution < -0.4 is 0 Å². The number of hydrogen-bond acceptors (Lipinski definition) is 1. The van der Waals surface area contributed by atoms with E-state index in [-0.39, 0.29) is 6.10 Å². The molecular formula is C6H13BO. The van der Waals surface area contributed by atoms with E-state index in [4.69, 9.17) is 8.05 Å². The molecule has 1 nitrogen and oxygen atoms in total. The predicted octanol–water partition coefficient (Wildman–Crippen LogP) is 1.52. The van der Waals surface area contributed by atoms with Crippen LogP contribution in [0.1, 0.15) is 27.2 Å². The van der Waals surface area contributed by atoms with Gasteiger partial charge in [-0.1, -0.05) is 13.8 Å². The van der Waals surface area contributed by atoms with Gasteiger partial charge in [0.15, 0.2) is 0 Å². The first-order valence-corrected chi connectivity index (χ1v) is 3.02. The minimum absolute atomic E-state index is 0.204. The second kappa shape index (κ2) is 3.96. The monoisotopic (exact) mass is 112 g/mol. The Kier molecular flexibility index (Phi) is 3.97. The van der Waals surface area contributed by atoms with E-state index in [0.29, 0.717) is 5.92 Å². The SMILES string of the molecule is [B]OC(C)CC(C)C. The van der Waals surface area contributed by atoms with E-state index in [0.717, 1.165) is 6.42 Å². The van der Waals surface area contributed by atoms with E-state index >= 15 is 0 Å². The summed E-state index contributed by atoms with van der Waals surface area (Å²) in [5.41, 5.74) is 0. The Hall–Kier alpha value is 0.0249. The smallest absolute Gasteiger partial charge is 0.282 e. The van der Waals surface area contributed by atoms with E-state index in [1.54, 1.807) is 0 Å². The molecule has 8 heavy (non-hydrogen) atoms. The lowest BCUT2D eigenvalue weighted by molar-refractivity contribution is 0.211. The van der Waals surface area contributed by atoms with Crippen LogP contribution in [0, 0.1) is 5.92 Å². The van der Waals surface area contributed by atoms with Gasteiger partial charge >= 0.3 is 0 Å². The van der Waals surface area contributed by atoms with E-state index in [1.807, 2.05) is 6.92 Å². The van der Waals surface area contributed by atoms with E-state index in [9.17, 15) is 0 Å². The maximum absolute atomic E-state index is 4.92. The Labute approximate surface area is 52.9 Å². The van der Waals surface area contributed by atoms with E-state index in [2.05, 4.69) is 18.5 Å². The average Bonchev–Trinajstić information content (AvgIpc) is 1.65. The third-order valence-electron chi connectivity index (χ3n) is 1.04. The molecule has 2 heteroatoms. The molecule has 46 valence electrons. The van der Waals surface area contributed by atoms with E-state index in [1.165, 1.54) is 0 Å². The second-order valence-electron chi connectivity index (χ2n) is 2.58. The Morgan fingerprint density at radius 3 is 2.00 bits per heavy atom. The summed E-state index contributed by atoms with van der Waals surface area (Å²) in [6.45, 7) is 6.27. The quantitative estimate of drug-likeness (QED) is 0.503. The van der Waals surface area contributed by atoms with Gasteiger partial charge in [-0.15, -0.1) is 0 Å². The molecule has 0 saturated heterocycles. The van der Waals surface area contributed by atoms with Gasteiger partial charge in [-0.3, -0.25) is 0 Å². The third kappa shape index (κ3) is 4.19. The zero-order valence-electron chi connectivity index (χ0n) is 5.85. The zero-order valence-corrected chi connectivity index (χ0v) is 5.85. The first-order chi connectivity index (χ1) is 3.66. The lowest BCUT2D eigenvalue weighted by Crippen LogP contribution is -2.08. The Balaban J connectivity index is 3.10. The van der Waals surface area contributed by atoms with Crippen LogP contribution in [-0.4, -0.2) is 14.2 Å². The highest BCUT2D eigenvalue weighted by atomic mass is 16.4. The highest BCUT2D eigenvalue weighted by molar-refractivity contribution is 5.98. The summed E-state index contributed by atoms with van der Waals surface area (Å²) in [6.07, 6.45) is 1.24. The van der Waals surface area contributed by atoms with Crippen LogP contribution in [0.4, 0.5) is 0 Å². The van der Waals surface area contributed by atoms with Gasteiger partial charge in [0.05, 0.1) is 0 Å². The van der Waals surface area contributed by atoms with Crippen molar-refractivity contribution in [3.63, 3.8) is 0 Å². The summed E-state index contributed by atoms with van der Waals surface area (Å²) in [5.74, 6) is 0.675. The van der Waals surface area contributed by atoms with Crippen molar-refractivity contribution in [3.8, 4) is 0 Å². The molecule has 0 aromatic heterocycles. The molecule has 0 heterocycles. The first kappa shape index (κ1) is 8.02. The molecule has 0 aliphatic rings. The molecule has 0 aliphatic heterocycles. The maximum Gasteiger partial charge on any atom is 0.282 e. The fraction of sp³-hybridized carbons (Fsp3) is 1.00. The van der Waals surface area contributed by atoms with Gasteiger partial charge in [0.25, 0.3) is 8.05 Å². The van der Waals surface area contributed by atoms with Crippen molar-refractivity contribution in [2.75, 3.05) is 0 Å². The summed E-state index contributed by atoms with van der Waals surface area (Å²) in [6, 6.07) is 0. The fourth-order valence-corrected chi connectivity index (χ4v) is 0.719. The zero-order chi connectivity index (χ0) is 6.57. The van der Waals surface area contributed by atoms with E-state index < -0.39 is 0 Å². The largest absolute Gasteiger partial charge is 0.445 e. The van der Waals surface area contributed by atoms with Gasteiger partial charge in [0, 0.05) is 6.10 Å². The fourth-order valence-electron chi connectivity index (χ4n) is 0.719. The normalized spacial score (nSPS) is 14.5. The molecule has 0 N–H and O–H groups in total. The van der Waals surface area contributed by atoms with Crippen molar-refractivity contribution in [2.24, 2.45) is 5.92 Å². The topological polar surface area (TPSA) is 9.23 Å². The molecule has 0 rings (SSSR count). The van der Waals surface area contributed by atoms with Crippen LogP contribution in [-0.2, 0) is 4.65 Å². The number of rotatable bonds is 3. The highest BCUT2D eigenvalue weighted by Crippen LogP contribution is 2.05. The maximum atomic E-state index is 4.92. The van der Waals surface area contributed by atoms with Crippen LogP contribution in [0.2, 0.25) is 0 Å². The van der Waals surface area contributed by atoms with Crippen LogP contribution in [0.25, 0.3) is 0 Å². The predicted molar refractivity (Wildman–Crippen MR) is 35.8 cm³/mol. The van der Waals surface area contributed by atoms with Gasteiger partial charge in [0.1, 0.15) is 0 Å².